The van der Waals surface area contributed by atoms with Gasteiger partial charge >= 0.3 is 0 Å². The molecule has 0 amide bonds. The quantitative estimate of drug-likeness (QED) is 0.628. The Labute approximate surface area is 180 Å². The van der Waals surface area contributed by atoms with Crippen LogP contribution in [0.3, 0.4) is 0 Å². The molecule has 1 aliphatic heterocycles. The summed E-state index contributed by atoms with van der Waals surface area (Å²) >= 11 is 0. The van der Waals surface area contributed by atoms with Crippen LogP contribution in [-0.4, -0.2) is 36.0 Å². The van der Waals surface area contributed by atoms with Crippen molar-refractivity contribution >= 4 is 5.96 Å². The first-order valence-electron chi connectivity index (χ1n) is 10.0. The first kappa shape index (κ1) is 20.9. The molecule has 160 valence electrons. The average Bonchev–Trinajstić information content (AvgIpc) is 3.09. The Bertz CT molecular complexity index is 1030. The monoisotopic (exact) mass is 422 g/mol. The van der Waals surface area contributed by atoms with E-state index >= 15 is 0 Å². The van der Waals surface area contributed by atoms with Gasteiger partial charge in [0.15, 0.2) is 5.96 Å². The highest BCUT2D eigenvalue weighted by Crippen LogP contribution is 2.28. The van der Waals surface area contributed by atoms with Gasteiger partial charge in [-0.15, -0.1) is 0 Å². The SMILES string of the molecule is CN1CC(COCc2cc(F)cc(F)c2)(c2ccccc2)NC1=NCc1ccncc1. The number of hydrogen-bond donors (Lipinski definition) is 1. The third-order valence-electron chi connectivity index (χ3n) is 5.25. The fraction of sp³-hybridized carbons (Fsp3) is 0.250. The second kappa shape index (κ2) is 9.22. The molecule has 1 unspecified atom stereocenters. The van der Waals surface area contributed by atoms with E-state index in [1.54, 1.807) is 12.4 Å². The van der Waals surface area contributed by atoms with Gasteiger partial charge < -0.3 is 15.0 Å². The molecule has 1 atom stereocenters. The maximum Gasteiger partial charge on any atom is 0.194 e. The Morgan fingerprint density at radius 1 is 1.03 bits per heavy atom. The van der Waals surface area contributed by atoms with Crippen LogP contribution in [0.2, 0.25) is 0 Å². The molecule has 2 heterocycles. The summed E-state index contributed by atoms with van der Waals surface area (Å²) in [7, 11) is 1.98. The van der Waals surface area contributed by atoms with E-state index in [1.165, 1.54) is 12.1 Å². The maximum atomic E-state index is 13.5. The Hall–Kier alpha value is -3.32. The van der Waals surface area contributed by atoms with Gasteiger partial charge in [0.25, 0.3) is 0 Å². The van der Waals surface area contributed by atoms with Crippen molar-refractivity contribution in [3.05, 3.63) is 101 Å². The molecule has 1 aromatic heterocycles. The Kier molecular flexibility index (Phi) is 6.23. The van der Waals surface area contributed by atoms with E-state index in [-0.39, 0.29) is 6.61 Å². The van der Waals surface area contributed by atoms with Gasteiger partial charge in [-0.3, -0.25) is 4.98 Å². The fourth-order valence-electron chi connectivity index (χ4n) is 3.77. The summed E-state index contributed by atoms with van der Waals surface area (Å²) in [5, 5.41) is 3.54. The normalized spacial score (nSPS) is 19.6. The van der Waals surface area contributed by atoms with E-state index < -0.39 is 17.2 Å². The zero-order chi connectivity index (χ0) is 21.7. The lowest BCUT2D eigenvalue weighted by molar-refractivity contribution is 0.0661. The standard InChI is InChI=1S/C24H24F2N4O/c1-30-16-24(20-5-3-2-4-6-20,17-31-15-19-11-21(25)13-22(26)12-19)29-23(30)28-14-18-7-9-27-10-8-18/h2-13H,14-17H2,1H3,(H,28,29). The third-order valence-corrected chi connectivity index (χ3v) is 5.25. The summed E-state index contributed by atoms with van der Waals surface area (Å²) in [6, 6.07) is 17.3. The minimum Gasteiger partial charge on any atom is -0.374 e. The topological polar surface area (TPSA) is 49.8 Å². The summed E-state index contributed by atoms with van der Waals surface area (Å²) in [5.41, 5.74) is 2.05. The summed E-state index contributed by atoms with van der Waals surface area (Å²) in [6.07, 6.45) is 3.50. The van der Waals surface area contributed by atoms with Gasteiger partial charge in [0.1, 0.15) is 17.2 Å². The van der Waals surface area contributed by atoms with Crippen molar-refractivity contribution in [2.45, 2.75) is 18.7 Å². The van der Waals surface area contributed by atoms with Gasteiger partial charge in [0.05, 0.1) is 26.3 Å². The number of benzene rings is 2. The molecule has 2 aromatic carbocycles. The van der Waals surface area contributed by atoms with E-state index in [4.69, 9.17) is 9.73 Å². The van der Waals surface area contributed by atoms with E-state index in [0.29, 0.717) is 25.3 Å². The highest BCUT2D eigenvalue weighted by atomic mass is 19.1. The number of hydrogen-bond acceptors (Lipinski definition) is 3. The highest BCUT2D eigenvalue weighted by molar-refractivity contribution is 5.83. The number of ether oxygens (including phenoxy) is 1. The van der Waals surface area contributed by atoms with E-state index in [2.05, 4.69) is 15.2 Å². The number of nitrogens with zero attached hydrogens (tertiary/aromatic N) is 3. The number of aromatic nitrogens is 1. The lowest BCUT2D eigenvalue weighted by Gasteiger charge is -2.29. The minimum atomic E-state index is -0.611. The second-order valence-corrected chi connectivity index (χ2v) is 7.69. The van der Waals surface area contributed by atoms with Crippen molar-refractivity contribution in [1.29, 1.82) is 0 Å². The maximum absolute atomic E-state index is 13.5. The largest absolute Gasteiger partial charge is 0.374 e. The van der Waals surface area contributed by atoms with Gasteiger partial charge in [0.2, 0.25) is 0 Å². The molecule has 0 saturated carbocycles. The van der Waals surface area contributed by atoms with Gasteiger partial charge in [0, 0.05) is 25.5 Å². The van der Waals surface area contributed by atoms with E-state index in [0.717, 1.165) is 23.2 Å². The molecule has 1 N–H and O–H groups in total. The van der Waals surface area contributed by atoms with Crippen molar-refractivity contribution in [3.8, 4) is 0 Å². The van der Waals surface area contributed by atoms with Crippen LogP contribution in [0, 0.1) is 11.6 Å². The van der Waals surface area contributed by atoms with Crippen LogP contribution in [-0.2, 0) is 23.4 Å². The summed E-state index contributed by atoms with van der Waals surface area (Å²) in [5.74, 6) is -0.456. The predicted octanol–water partition coefficient (Wildman–Crippen LogP) is 3.86. The van der Waals surface area contributed by atoms with Gasteiger partial charge in [-0.25, -0.2) is 13.8 Å². The zero-order valence-electron chi connectivity index (χ0n) is 17.3. The molecule has 4 rings (SSSR count). The Morgan fingerprint density at radius 3 is 2.45 bits per heavy atom. The number of likely N-dealkylation sites (N-methyl/N-ethyl adjacent to an activating group) is 1. The molecular formula is C24H24F2N4O. The Morgan fingerprint density at radius 2 is 1.74 bits per heavy atom. The second-order valence-electron chi connectivity index (χ2n) is 7.69. The molecule has 3 aromatic rings. The number of halogens is 2. The third kappa shape index (κ3) is 5.06. The number of nitrogens with one attached hydrogen (secondary N) is 1. The van der Waals surface area contributed by atoms with Crippen molar-refractivity contribution < 1.29 is 13.5 Å². The number of guanidine groups is 1. The number of aliphatic imine (C=N–C) groups is 1. The van der Waals surface area contributed by atoms with Crippen LogP contribution < -0.4 is 5.32 Å². The van der Waals surface area contributed by atoms with Gasteiger partial charge in [-0.1, -0.05) is 30.3 Å². The molecule has 7 heteroatoms. The highest BCUT2D eigenvalue weighted by Gasteiger charge is 2.41. The van der Waals surface area contributed by atoms with Crippen LogP contribution in [0.25, 0.3) is 0 Å². The average molecular weight is 422 g/mol. The first-order chi connectivity index (χ1) is 15.0. The predicted molar refractivity (Wildman–Crippen MR) is 115 cm³/mol. The smallest absolute Gasteiger partial charge is 0.194 e. The summed E-state index contributed by atoms with van der Waals surface area (Å²) < 4.78 is 32.9. The minimum absolute atomic E-state index is 0.109. The Balaban J connectivity index is 1.52. The molecular weight excluding hydrogens is 398 g/mol. The van der Waals surface area contributed by atoms with Crippen LogP contribution in [0.1, 0.15) is 16.7 Å². The van der Waals surface area contributed by atoms with Crippen LogP contribution >= 0.6 is 0 Å². The molecule has 1 fully saturated rings. The van der Waals surface area contributed by atoms with Crippen LogP contribution in [0.4, 0.5) is 8.78 Å². The molecule has 0 spiro atoms. The molecule has 31 heavy (non-hydrogen) atoms. The van der Waals surface area contributed by atoms with Crippen molar-refractivity contribution in [2.24, 2.45) is 4.99 Å². The van der Waals surface area contributed by atoms with Crippen LogP contribution in [0.15, 0.2) is 78.0 Å². The summed E-state index contributed by atoms with van der Waals surface area (Å²) in [6.45, 7) is 1.60. The lowest BCUT2D eigenvalue weighted by atomic mass is 9.91. The van der Waals surface area contributed by atoms with Gasteiger partial charge in [-0.05, 0) is 41.0 Å². The van der Waals surface area contributed by atoms with Crippen LogP contribution in [0.5, 0.6) is 0 Å². The van der Waals surface area contributed by atoms with Crippen molar-refractivity contribution in [3.63, 3.8) is 0 Å². The summed E-state index contributed by atoms with van der Waals surface area (Å²) in [4.78, 5) is 10.8. The number of rotatable bonds is 7. The van der Waals surface area contributed by atoms with Gasteiger partial charge in [-0.2, -0.15) is 0 Å². The zero-order valence-corrected chi connectivity index (χ0v) is 17.3. The molecule has 1 saturated heterocycles. The molecule has 5 nitrogen and oxygen atoms in total. The van der Waals surface area contributed by atoms with E-state index in [1.807, 2.05) is 49.5 Å². The first-order valence-corrected chi connectivity index (χ1v) is 10.0. The van der Waals surface area contributed by atoms with Crippen molar-refractivity contribution in [1.82, 2.24) is 15.2 Å². The molecule has 1 aliphatic rings. The van der Waals surface area contributed by atoms with E-state index in [9.17, 15) is 8.78 Å². The molecule has 0 aliphatic carbocycles. The molecule has 0 bridgehead atoms. The van der Waals surface area contributed by atoms with Crippen molar-refractivity contribution in [2.75, 3.05) is 20.2 Å². The lowest BCUT2D eigenvalue weighted by Crippen LogP contribution is -2.45. The molecule has 0 radical (unpaired) electrons. The number of pyridine rings is 1. The fourth-order valence-corrected chi connectivity index (χ4v) is 3.77.